The normalized spacial score (nSPS) is 10.9. The molecule has 2 amide bonds. The fraction of sp³-hybridized carbons (Fsp3) is 0.250. The summed E-state index contributed by atoms with van der Waals surface area (Å²) in [5, 5.41) is 6.55. The number of methoxy groups -OCH3 is 2. The van der Waals surface area contributed by atoms with Crippen molar-refractivity contribution >= 4 is 23.2 Å². The average molecular weight is 369 g/mol. The number of hydrogen-bond donors (Lipinski definition) is 2. The van der Waals surface area contributed by atoms with Gasteiger partial charge in [-0.2, -0.15) is 5.10 Å². The number of hydrazone groups is 1. The van der Waals surface area contributed by atoms with Crippen LogP contribution in [0.4, 0.5) is 5.69 Å². The molecule has 7 nitrogen and oxygen atoms in total. The summed E-state index contributed by atoms with van der Waals surface area (Å²) in [7, 11) is 3.08. The van der Waals surface area contributed by atoms with Crippen LogP contribution in [0.2, 0.25) is 0 Å². The molecule has 0 atom stereocenters. The van der Waals surface area contributed by atoms with Gasteiger partial charge in [0.05, 0.1) is 19.9 Å². The molecular weight excluding hydrogens is 346 g/mol. The van der Waals surface area contributed by atoms with Crippen LogP contribution in [-0.2, 0) is 9.59 Å². The quantitative estimate of drug-likeness (QED) is 0.482. The Bertz CT molecular complexity index is 871. The Labute approximate surface area is 158 Å². The van der Waals surface area contributed by atoms with Gasteiger partial charge in [0.1, 0.15) is 0 Å². The molecule has 0 saturated heterocycles. The molecule has 2 aromatic rings. The number of nitrogens with zero attached hydrogens (tertiary/aromatic N) is 1. The van der Waals surface area contributed by atoms with Crippen LogP contribution in [0.5, 0.6) is 11.5 Å². The molecule has 0 radical (unpaired) electrons. The highest BCUT2D eigenvalue weighted by Gasteiger charge is 2.14. The highest BCUT2D eigenvalue weighted by atomic mass is 16.5. The number of benzene rings is 2. The van der Waals surface area contributed by atoms with Gasteiger partial charge in [-0.3, -0.25) is 9.59 Å². The summed E-state index contributed by atoms with van der Waals surface area (Å²) >= 11 is 0. The summed E-state index contributed by atoms with van der Waals surface area (Å²) in [5.74, 6) is -0.507. The van der Waals surface area contributed by atoms with Crippen molar-refractivity contribution in [3.63, 3.8) is 0 Å². The lowest BCUT2D eigenvalue weighted by Gasteiger charge is -2.09. The number of anilines is 1. The molecule has 0 bridgehead atoms. The lowest BCUT2D eigenvalue weighted by atomic mass is 10.1. The molecule has 2 N–H and O–H groups in total. The van der Waals surface area contributed by atoms with Crippen LogP contribution in [0.25, 0.3) is 0 Å². The van der Waals surface area contributed by atoms with Gasteiger partial charge in [-0.25, -0.2) is 5.43 Å². The first-order chi connectivity index (χ1) is 12.8. The highest BCUT2D eigenvalue weighted by Crippen LogP contribution is 2.27. The molecule has 2 aromatic carbocycles. The SMILES string of the molecule is COc1ccc(/C(C)=N/NC(=O)C(=O)Nc2cc(C)cc(C)c2)cc1OC. The van der Waals surface area contributed by atoms with Gasteiger partial charge in [0.15, 0.2) is 11.5 Å². The maximum Gasteiger partial charge on any atom is 0.329 e. The van der Waals surface area contributed by atoms with Crippen molar-refractivity contribution in [2.75, 3.05) is 19.5 Å². The van der Waals surface area contributed by atoms with Crippen LogP contribution in [0.1, 0.15) is 23.6 Å². The monoisotopic (exact) mass is 369 g/mol. The molecule has 0 unspecified atom stereocenters. The van der Waals surface area contributed by atoms with Crippen molar-refractivity contribution in [2.45, 2.75) is 20.8 Å². The first-order valence-corrected chi connectivity index (χ1v) is 8.30. The topological polar surface area (TPSA) is 89.0 Å². The van der Waals surface area contributed by atoms with Gasteiger partial charge < -0.3 is 14.8 Å². The third kappa shape index (κ3) is 5.31. The molecule has 0 spiro atoms. The third-order valence-electron chi connectivity index (χ3n) is 3.81. The molecular formula is C20H23N3O4. The van der Waals surface area contributed by atoms with E-state index >= 15 is 0 Å². The van der Waals surface area contributed by atoms with Gasteiger partial charge >= 0.3 is 11.8 Å². The molecule has 142 valence electrons. The minimum absolute atomic E-state index is 0.517. The predicted octanol–water partition coefficient (Wildman–Crippen LogP) is 2.80. The van der Waals surface area contributed by atoms with Crippen LogP contribution < -0.4 is 20.2 Å². The van der Waals surface area contributed by atoms with E-state index in [0.717, 1.165) is 16.7 Å². The lowest BCUT2D eigenvalue weighted by Crippen LogP contribution is -2.33. The predicted molar refractivity (Wildman–Crippen MR) is 104 cm³/mol. The molecule has 0 aliphatic rings. The molecule has 0 fully saturated rings. The number of amides is 2. The molecule has 7 heteroatoms. The maximum absolute atomic E-state index is 12.0. The maximum atomic E-state index is 12.0. The van der Waals surface area contributed by atoms with E-state index in [1.165, 1.54) is 7.11 Å². The minimum atomic E-state index is -0.853. The fourth-order valence-electron chi connectivity index (χ4n) is 2.55. The van der Waals surface area contributed by atoms with E-state index in [0.29, 0.717) is 22.9 Å². The van der Waals surface area contributed by atoms with E-state index in [2.05, 4.69) is 15.8 Å². The van der Waals surface area contributed by atoms with Gasteiger partial charge in [0, 0.05) is 11.3 Å². The number of rotatable bonds is 5. The highest BCUT2D eigenvalue weighted by molar-refractivity contribution is 6.39. The van der Waals surface area contributed by atoms with E-state index < -0.39 is 11.8 Å². The summed E-state index contributed by atoms with van der Waals surface area (Å²) < 4.78 is 10.4. The van der Waals surface area contributed by atoms with Gasteiger partial charge in [-0.05, 0) is 62.2 Å². The van der Waals surface area contributed by atoms with Gasteiger partial charge in [-0.1, -0.05) is 6.07 Å². The van der Waals surface area contributed by atoms with Crippen LogP contribution in [0.15, 0.2) is 41.5 Å². The molecule has 0 aromatic heterocycles. The number of hydrogen-bond acceptors (Lipinski definition) is 5. The molecule has 0 aliphatic heterocycles. The van der Waals surface area contributed by atoms with Gasteiger partial charge in [0.25, 0.3) is 0 Å². The van der Waals surface area contributed by atoms with E-state index in [-0.39, 0.29) is 0 Å². The largest absolute Gasteiger partial charge is 0.493 e. The zero-order valence-electron chi connectivity index (χ0n) is 16.0. The zero-order chi connectivity index (χ0) is 20.0. The Morgan fingerprint density at radius 2 is 1.52 bits per heavy atom. The summed E-state index contributed by atoms with van der Waals surface area (Å²) in [6, 6.07) is 10.8. The van der Waals surface area contributed by atoms with Gasteiger partial charge in [-0.15, -0.1) is 0 Å². The number of ether oxygens (including phenoxy) is 2. The number of carbonyl (C=O) groups is 2. The van der Waals surface area contributed by atoms with Crippen molar-refractivity contribution in [1.29, 1.82) is 0 Å². The number of nitrogens with one attached hydrogen (secondary N) is 2. The van der Waals surface area contributed by atoms with E-state index in [4.69, 9.17) is 9.47 Å². The first kappa shape index (κ1) is 20.0. The minimum Gasteiger partial charge on any atom is -0.493 e. The molecule has 2 rings (SSSR count). The Morgan fingerprint density at radius 1 is 0.889 bits per heavy atom. The first-order valence-electron chi connectivity index (χ1n) is 8.30. The fourth-order valence-corrected chi connectivity index (χ4v) is 2.55. The summed E-state index contributed by atoms with van der Waals surface area (Å²) in [4.78, 5) is 24.0. The van der Waals surface area contributed by atoms with Crippen LogP contribution in [0.3, 0.4) is 0 Å². The van der Waals surface area contributed by atoms with Crippen molar-refractivity contribution in [2.24, 2.45) is 5.10 Å². The van der Waals surface area contributed by atoms with Crippen LogP contribution in [0, 0.1) is 13.8 Å². The second-order valence-electron chi connectivity index (χ2n) is 6.04. The lowest BCUT2D eigenvalue weighted by molar-refractivity contribution is -0.136. The van der Waals surface area contributed by atoms with Crippen molar-refractivity contribution < 1.29 is 19.1 Å². The summed E-state index contributed by atoms with van der Waals surface area (Å²) in [6.45, 7) is 5.54. The molecule has 0 aliphatic carbocycles. The van der Waals surface area contributed by atoms with Gasteiger partial charge in [0.2, 0.25) is 0 Å². The van der Waals surface area contributed by atoms with E-state index in [1.54, 1.807) is 44.4 Å². The van der Waals surface area contributed by atoms with Crippen molar-refractivity contribution in [3.05, 3.63) is 53.1 Å². The standard InChI is InChI=1S/C20H23N3O4/c1-12-8-13(2)10-16(9-12)21-19(24)20(25)23-22-14(3)15-6-7-17(26-4)18(11-15)27-5/h6-11H,1-5H3,(H,21,24)(H,23,25)/b22-14+. The van der Waals surface area contributed by atoms with Crippen molar-refractivity contribution in [1.82, 2.24) is 5.43 Å². The van der Waals surface area contributed by atoms with Crippen LogP contribution >= 0.6 is 0 Å². The molecule has 27 heavy (non-hydrogen) atoms. The molecule has 0 heterocycles. The second-order valence-corrected chi connectivity index (χ2v) is 6.04. The Balaban J connectivity index is 2.05. The third-order valence-corrected chi connectivity index (χ3v) is 3.81. The van der Waals surface area contributed by atoms with Crippen molar-refractivity contribution in [3.8, 4) is 11.5 Å². The zero-order valence-corrected chi connectivity index (χ0v) is 16.0. The smallest absolute Gasteiger partial charge is 0.329 e. The Morgan fingerprint density at radius 3 is 2.11 bits per heavy atom. The Kier molecular flexibility index (Phi) is 6.54. The summed E-state index contributed by atoms with van der Waals surface area (Å²) in [5.41, 5.74) is 6.05. The molecule has 0 saturated carbocycles. The summed E-state index contributed by atoms with van der Waals surface area (Å²) in [6.07, 6.45) is 0. The number of carbonyl (C=O) groups excluding carboxylic acids is 2. The Hall–Kier alpha value is -3.35. The average Bonchev–Trinajstić information content (AvgIpc) is 2.64. The second kappa shape index (κ2) is 8.84. The van der Waals surface area contributed by atoms with Crippen LogP contribution in [-0.4, -0.2) is 31.7 Å². The van der Waals surface area contributed by atoms with E-state index in [9.17, 15) is 9.59 Å². The van der Waals surface area contributed by atoms with E-state index in [1.807, 2.05) is 19.9 Å². The number of aryl methyl sites for hydroxylation is 2.